The van der Waals surface area contributed by atoms with Crippen LogP contribution in [0.5, 0.6) is 0 Å². The average molecular weight is 197 g/mol. The van der Waals surface area contributed by atoms with Crippen molar-refractivity contribution in [1.82, 2.24) is 4.98 Å². The molecule has 13 heavy (non-hydrogen) atoms. The first-order valence-corrected chi connectivity index (χ1v) is 4.72. The normalized spacial score (nSPS) is 30.4. The minimum atomic E-state index is 0.456. The third-order valence-corrected chi connectivity index (χ3v) is 2.92. The van der Waals surface area contributed by atoms with Crippen LogP contribution in [0.1, 0.15) is 0 Å². The Balaban J connectivity index is 1.81. The van der Waals surface area contributed by atoms with Crippen LogP contribution in [0, 0.1) is 0 Å². The number of ether oxygens (including phenoxy) is 1. The van der Waals surface area contributed by atoms with Gasteiger partial charge < -0.3 is 9.64 Å². The minimum Gasteiger partial charge on any atom is -0.372 e. The second-order valence-electron chi connectivity index (χ2n) is 3.43. The van der Waals surface area contributed by atoms with E-state index >= 15 is 0 Å². The zero-order chi connectivity index (χ0) is 8.84. The first-order valence-electron chi connectivity index (χ1n) is 4.34. The summed E-state index contributed by atoms with van der Waals surface area (Å²) in [6.45, 7) is 1.81. The van der Waals surface area contributed by atoms with Crippen LogP contribution in [0.3, 0.4) is 0 Å². The third kappa shape index (κ3) is 1.04. The lowest BCUT2D eigenvalue weighted by Gasteiger charge is -2.55. The van der Waals surface area contributed by atoms with E-state index in [1.165, 1.54) is 0 Å². The van der Waals surface area contributed by atoms with Gasteiger partial charge in [-0.3, -0.25) is 0 Å². The lowest BCUT2D eigenvalue weighted by Crippen LogP contribution is -2.71. The monoisotopic (exact) mass is 196 g/mol. The number of anilines is 1. The predicted octanol–water partition coefficient (Wildman–Crippen LogP) is 1.32. The smallest absolute Gasteiger partial charge is 0.129 e. The fourth-order valence-electron chi connectivity index (χ4n) is 1.78. The van der Waals surface area contributed by atoms with Gasteiger partial charge >= 0.3 is 0 Å². The molecular weight excluding hydrogens is 188 g/mol. The van der Waals surface area contributed by atoms with E-state index in [-0.39, 0.29) is 0 Å². The summed E-state index contributed by atoms with van der Waals surface area (Å²) in [6, 6.07) is 4.39. The number of rotatable bonds is 1. The number of aromatic nitrogens is 1. The van der Waals surface area contributed by atoms with E-state index in [0.717, 1.165) is 19.0 Å². The van der Waals surface area contributed by atoms with Crippen LogP contribution in [0.4, 0.5) is 5.82 Å². The fraction of sp³-hybridized carbons (Fsp3) is 0.444. The van der Waals surface area contributed by atoms with Gasteiger partial charge in [0.1, 0.15) is 5.82 Å². The molecule has 1 aromatic heterocycles. The second-order valence-corrected chi connectivity index (χ2v) is 3.86. The van der Waals surface area contributed by atoms with Crippen LogP contribution in [0.25, 0.3) is 0 Å². The number of morpholine rings is 1. The molecule has 2 atom stereocenters. The zero-order valence-corrected chi connectivity index (χ0v) is 7.74. The summed E-state index contributed by atoms with van der Waals surface area (Å²) in [5.74, 6) is 1.01. The summed E-state index contributed by atoms with van der Waals surface area (Å²) >= 11 is 5.75. The number of hydrogen-bond acceptors (Lipinski definition) is 3. The molecule has 3 nitrogen and oxygen atoms in total. The molecule has 0 amide bonds. The highest BCUT2D eigenvalue weighted by molar-refractivity contribution is 6.30. The van der Waals surface area contributed by atoms with Crippen LogP contribution in [-0.4, -0.2) is 30.3 Å². The van der Waals surface area contributed by atoms with Gasteiger partial charge in [-0.1, -0.05) is 11.6 Å². The largest absolute Gasteiger partial charge is 0.372 e. The van der Waals surface area contributed by atoms with E-state index in [1.54, 1.807) is 6.20 Å². The Morgan fingerprint density at radius 3 is 2.92 bits per heavy atom. The number of nitrogens with zero attached hydrogens (tertiary/aromatic N) is 2. The molecule has 0 saturated carbocycles. The predicted molar refractivity (Wildman–Crippen MR) is 50.1 cm³/mol. The first-order chi connectivity index (χ1) is 6.34. The van der Waals surface area contributed by atoms with Gasteiger partial charge in [-0.25, -0.2) is 4.98 Å². The molecule has 4 heteroatoms. The molecule has 0 radical (unpaired) electrons. The minimum absolute atomic E-state index is 0.456. The van der Waals surface area contributed by atoms with Crippen molar-refractivity contribution in [1.29, 1.82) is 0 Å². The molecule has 2 saturated heterocycles. The molecule has 3 rings (SSSR count). The van der Waals surface area contributed by atoms with Crippen molar-refractivity contribution in [2.75, 3.05) is 18.1 Å². The molecule has 2 fully saturated rings. The zero-order valence-electron chi connectivity index (χ0n) is 6.98. The van der Waals surface area contributed by atoms with E-state index in [0.29, 0.717) is 17.2 Å². The molecule has 0 spiro atoms. The number of halogens is 1. The van der Waals surface area contributed by atoms with E-state index in [1.807, 2.05) is 12.1 Å². The van der Waals surface area contributed by atoms with Crippen LogP contribution < -0.4 is 4.90 Å². The van der Waals surface area contributed by atoms with Gasteiger partial charge in [-0.05, 0) is 12.1 Å². The van der Waals surface area contributed by atoms with Gasteiger partial charge in [0.2, 0.25) is 0 Å². The van der Waals surface area contributed by atoms with Gasteiger partial charge in [0.25, 0.3) is 0 Å². The molecule has 2 aliphatic rings. The Morgan fingerprint density at radius 1 is 1.54 bits per heavy atom. The summed E-state index contributed by atoms with van der Waals surface area (Å²) < 4.78 is 5.31. The van der Waals surface area contributed by atoms with E-state index in [4.69, 9.17) is 16.3 Å². The van der Waals surface area contributed by atoms with Crippen LogP contribution in [-0.2, 0) is 4.74 Å². The summed E-state index contributed by atoms with van der Waals surface area (Å²) in [5.41, 5.74) is 0. The van der Waals surface area contributed by atoms with E-state index in [2.05, 4.69) is 9.88 Å². The van der Waals surface area contributed by atoms with Gasteiger partial charge in [-0.2, -0.15) is 0 Å². The summed E-state index contributed by atoms with van der Waals surface area (Å²) in [5, 5.41) is 0.686. The molecule has 1 unspecified atom stereocenters. The molecule has 2 aliphatic heterocycles. The second kappa shape index (κ2) is 2.59. The topological polar surface area (TPSA) is 25.4 Å². The lowest BCUT2D eigenvalue weighted by atomic mass is 9.95. The number of hydrogen-bond donors (Lipinski definition) is 0. The van der Waals surface area contributed by atoms with Gasteiger partial charge in [-0.15, -0.1) is 0 Å². The van der Waals surface area contributed by atoms with Gasteiger partial charge in [0.15, 0.2) is 0 Å². The molecule has 3 heterocycles. The highest BCUT2D eigenvalue weighted by atomic mass is 35.5. The fourth-order valence-corrected chi connectivity index (χ4v) is 1.89. The molecule has 0 N–H and O–H groups in total. The molecule has 0 bridgehead atoms. The summed E-state index contributed by atoms with van der Waals surface area (Å²) in [7, 11) is 0. The Bertz CT molecular complexity index is 327. The standard InChI is InChI=1S/C9H9ClN2O/c10-6-1-2-9(11-3-6)12-4-8-7(12)5-13-8/h1-3,7-8H,4-5H2/t7-,8?/m0/s1. The average Bonchev–Trinajstić information content (AvgIpc) is 2.12. The lowest BCUT2D eigenvalue weighted by molar-refractivity contribution is -0.113. The molecule has 0 aromatic carbocycles. The molecular formula is C9H9ClN2O. The van der Waals surface area contributed by atoms with Crippen molar-refractivity contribution in [2.24, 2.45) is 0 Å². The summed E-state index contributed by atoms with van der Waals surface area (Å²) in [6.07, 6.45) is 2.14. The Kier molecular flexibility index (Phi) is 1.51. The van der Waals surface area contributed by atoms with Crippen LogP contribution in [0.2, 0.25) is 5.02 Å². The maximum Gasteiger partial charge on any atom is 0.129 e. The number of pyridine rings is 1. The maximum atomic E-state index is 5.75. The molecule has 0 aliphatic carbocycles. The first kappa shape index (κ1) is 7.59. The third-order valence-electron chi connectivity index (χ3n) is 2.69. The van der Waals surface area contributed by atoms with E-state index in [9.17, 15) is 0 Å². The van der Waals surface area contributed by atoms with Crippen molar-refractivity contribution < 1.29 is 4.74 Å². The molecule has 68 valence electrons. The van der Waals surface area contributed by atoms with Crippen LogP contribution >= 0.6 is 11.6 Å². The van der Waals surface area contributed by atoms with Gasteiger partial charge in [0, 0.05) is 12.7 Å². The summed E-state index contributed by atoms with van der Waals surface area (Å²) in [4.78, 5) is 6.51. The van der Waals surface area contributed by atoms with Crippen molar-refractivity contribution in [2.45, 2.75) is 12.1 Å². The van der Waals surface area contributed by atoms with Crippen molar-refractivity contribution in [3.05, 3.63) is 23.4 Å². The van der Waals surface area contributed by atoms with E-state index < -0.39 is 0 Å². The Morgan fingerprint density at radius 2 is 2.46 bits per heavy atom. The van der Waals surface area contributed by atoms with Crippen LogP contribution in [0.15, 0.2) is 18.3 Å². The van der Waals surface area contributed by atoms with Crippen molar-refractivity contribution in [3.8, 4) is 0 Å². The Labute approximate surface area is 81.3 Å². The Hall–Kier alpha value is -0.800. The van der Waals surface area contributed by atoms with Crippen molar-refractivity contribution in [3.63, 3.8) is 0 Å². The SMILES string of the molecule is Clc1ccc(N2CC3OC[C@@H]32)nc1. The highest BCUT2D eigenvalue weighted by Crippen LogP contribution is 2.33. The highest BCUT2D eigenvalue weighted by Gasteiger charge is 2.47. The van der Waals surface area contributed by atoms with Crippen molar-refractivity contribution >= 4 is 17.4 Å². The van der Waals surface area contributed by atoms with Gasteiger partial charge in [0.05, 0.1) is 23.8 Å². The number of fused-ring (bicyclic) bond motifs is 1. The molecule has 1 aromatic rings. The maximum absolute atomic E-state index is 5.75. The quantitative estimate of drug-likeness (QED) is 0.678.